The van der Waals surface area contributed by atoms with Crippen molar-refractivity contribution in [2.75, 3.05) is 37.1 Å². The zero-order valence-electron chi connectivity index (χ0n) is 30.1. The minimum Gasteiger partial charge on any atom is -0.465 e. The van der Waals surface area contributed by atoms with Crippen molar-refractivity contribution in [2.24, 2.45) is 11.8 Å². The number of benzene rings is 1. The maximum absolute atomic E-state index is 12.9. The fourth-order valence-electron chi connectivity index (χ4n) is 4.45. The van der Waals surface area contributed by atoms with E-state index in [0.717, 1.165) is 11.1 Å². The number of ether oxygens (including phenoxy) is 4. The number of rotatable bonds is 20. The van der Waals surface area contributed by atoms with Crippen molar-refractivity contribution in [3.8, 4) is 0 Å². The van der Waals surface area contributed by atoms with Gasteiger partial charge in [-0.25, -0.2) is 9.59 Å². The van der Waals surface area contributed by atoms with Gasteiger partial charge in [0.1, 0.15) is 24.0 Å². The standard InChI is InChI=1S/C34H52Cl2N4O10/c1-9-23(17-49-29(41)21(7)14-25(35)31(43)47-11-3)37-33(45)39-27-16-28(20(6)13-19(27)5)40-34(46)38-24(10-2)18-50-30(42)22(8)15-26(36)32(44)48-12-4/h13,16,21-26H,9-12,14-15,17-18H2,1-8H3,(H2,37,39,45)(H2,38,40,46). The zero-order chi connectivity index (χ0) is 38.0. The van der Waals surface area contributed by atoms with Crippen LogP contribution < -0.4 is 21.3 Å². The molecule has 0 fully saturated rings. The average molecular weight is 748 g/mol. The molecule has 6 unspecified atom stereocenters. The molecule has 0 spiro atoms. The van der Waals surface area contributed by atoms with Gasteiger partial charge >= 0.3 is 35.9 Å². The second kappa shape index (κ2) is 22.8. The smallest absolute Gasteiger partial charge is 0.324 e. The Morgan fingerprint density at radius 3 is 1.28 bits per heavy atom. The summed E-state index contributed by atoms with van der Waals surface area (Å²) in [5.74, 6) is -3.64. The number of anilines is 2. The van der Waals surface area contributed by atoms with Gasteiger partial charge in [-0.05, 0) is 70.6 Å². The van der Waals surface area contributed by atoms with Crippen molar-refractivity contribution in [1.29, 1.82) is 0 Å². The minimum absolute atomic E-state index is 0.0477. The summed E-state index contributed by atoms with van der Waals surface area (Å²) in [6.07, 6.45) is 1.02. The number of hydrogen-bond acceptors (Lipinski definition) is 10. The third-order valence-electron chi connectivity index (χ3n) is 7.59. The van der Waals surface area contributed by atoms with Crippen LogP contribution >= 0.6 is 23.2 Å². The van der Waals surface area contributed by atoms with E-state index in [1.807, 2.05) is 13.8 Å². The summed E-state index contributed by atoms with van der Waals surface area (Å²) >= 11 is 12.1. The van der Waals surface area contributed by atoms with Gasteiger partial charge in [0, 0.05) is 11.4 Å². The van der Waals surface area contributed by atoms with Crippen LogP contribution in [0.2, 0.25) is 0 Å². The van der Waals surface area contributed by atoms with Gasteiger partial charge < -0.3 is 40.2 Å². The molecule has 0 saturated heterocycles. The maximum Gasteiger partial charge on any atom is 0.324 e. The van der Waals surface area contributed by atoms with E-state index in [2.05, 4.69) is 21.3 Å². The number of halogens is 2. The van der Waals surface area contributed by atoms with E-state index in [-0.39, 0.29) is 39.3 Å². The summed E-state index contributed by atoms with van der Waals surface area (Å²) in [6, 6.07) is 1.32. The maximum atomic E-state index is 12.9. The molecule has 14 nitrogen and oxygen atoms in total. The first-order valence-corrected chi connectivity index (χ1v) is 17.6. The van der Waals surface area contributed by atoms with Gasteiger partial charge in [0.05, 0.1) is 37.1 Å². The molecule has 0 radical (unpaired) electrons. The molecule has 282 valence electrons. The van der Waals surface area contributed by atoms with E-state index in [0.29, 0.717) is 24.2 Å². The van der Waals surface area contributed by atoms with Gasteiger partial charge in [0.2, 0.25) is 0 Å². The van der Waals surface area contributed by atoms with Crippen LogP contribution in [0.3, 0.4) is 0 Å². The van der Waals surface area contributed by atoms with Gasteiger partial charge in [0.25, 0.3) is 0 Å². The van der Waals surface area contributed by atoms with Crippen molar-refractivity contribution in [2.45, 2.75) is 104 Å². The topological polar surface area (TPSA) is 187 Å². The quantitative estimate of drug-likeness (QED) is 0.0745. The number of urea groups is 2. The van der Waals surface area contributed by atoms with E-state index in [1.54, 1.807) is 53.7 Å². The Hall–Kier alpha value is -3.78. The summed E-state index contributed by atoms with van der Waals surface area (Å²) in [5, 5.41) is 9.14. The molecule has 0 bridgehead atoms. The molecular formula is C34H52Cl2N4O10. The van der Waals surface area contributed by atoms with Crippen LogP contribution in [-0.4, -0.2) is 85.2 Å². The van der Waals surface area contributed by atoms with Gasteiger partial charge in [0.15, 0.2) is 0 Å². The van der Waals surface area contributed by atoms with Crippen molar-refractivity contribution in [1.82, 2.24) is 10.6 Å². The van der Waals surface area contributed by atoms with E-state index in [1.165, 1.54) is 0 Å². The third-order valence-corrected chi connectivity index (χ3v) is 8.30. The van der Waals surface area contributed by atoms with E-state index < -0.39 is 70.6 Å². The highest BCUT2D eigenvalue weighted by Crippen LogP contribution is 2.25. The number of aryl methyl sites for hydroxylation is 2. The second-order valence-corrected chi connectivity index (χ2v) is 12.9. The van der Waals surface area contributed by atoms with E-state index >= 15 is 0 Å². The fourth-order valence-corrected chi connectivity index (χ4v) is 5.11. The number of carbonyl (C=O) groups excluding carboxylic acids is 6. The van der Waals surface area contributed by atoms with Crippen LogP contribution in [0.5, 0.6) is 0 Å². The summed E-state index contributed by atoms with van der Waals surface area (Å²) in [5.41, 5.74) is 2.35. The lowest BCUT2D eigenvalue weighted by molar-refractivity contribution is -0.151. The number of alkyl halides is 2. The fraction of sp³-hybridized carbons (Fsp3) is 0.647. The van der Waals surface area contributed by atoms with Crippen LogP contribution in [0.4, 0.5) is 21.0 Å². The number of esters is 4. The molecule has 4 N–H and O–H groups in total. The van der Waals surface area contributed by atoms with Crippen LogP contribution in [-0.2, 0) is 38.1 Å². The van der Waals surface area contributed by atoms with Crippen LogP contribution in [0, 0.1) is 25.7 Å². The molecule has 16 heteroatoms. The Morgan fingerprint density at radius 1 is 0.600 bits per heavy atom. The summed E-state index contributed by atoms with van der Waals surface area (Å²) < 4.78 is 20.5. The molecule has 1 rings (SSSR count). The Labute approximate surface area is 304 Å². The number of amides is 4. The Morgan fingerprint density at radius 2 is 0.960 bits per heavy atom. The highest BCUT2D eigenvalue weighted by atomic mass is 35.5. The second-order valence-electron chi connectivity index (χ2n) is 11.9. The van der Waals surface area contributed by atoms with Crippen molar-refractivity contribution < 1.29 is 47.7 Å². The average Bonchev–Trinajstić information content (AvgIpc) is 3.06. The van der Waals surface area contributed by atoms with Crippen LogP contribution in [0.25, 0.3) is 0 Å². The molecule has 1 aromatic carbocycles. The third kappa shape index (κ3) is 15.8. The summed E-state index contributed by atoms with van der Waals surface area (Å²) in [6.45, 7) is 13.9. The molecule has 0 saturated carbocycles. The SMILES string of the molecule is CCOC(=O)C(Cl)CC(C)C(=O)OCC(CC)NC(=O)Nc1cc(NC(=O)NC(CC)COC(=O)C(C)CC(Cl)C(=O)OCC)c(C)cc1C. The largest absolute Gasteiger partial charge is 0.465 e. The highest BCUT2D eigenvalue weighted by Gasteiger charge is 2.27. The first-order valence-electron chi connectivity index (χ1n) is 16.8. The monoisotopic (exact) mass is 746 g/mol. The lowest BCUT2D eigenvalue weighted by atomic mass is 10.1. The molecule has 4 amide bonds. The van der Waals surface area contributed by atoms with Crippen molar-refractivity contribution in [3.63, 3.8) is 0 Å². The predicted octanol–water partition coefficient (Wildman–Crippen LogP) is 5.58. The Bertz CT molecular complexity index is 1220. The number of carbonyl (C=O) groups is 6. The van der Waals surface area contributed by atoms with Gasteiger partial charge in [-0.1, -0.05) is 33.8 Å². The van der Waals surface area contributed by atoms with Crippen molar-refractivity contribution in [3.05, 3.63) is 23.3 Å². The normalized spacial score (nSPS) is 14.4. The lowest BCUT2D eigenvalue weighted by Gasteiger charge is -2.21. The molecule has 0 aromatic heterocycles. The molecule has 0 aliphatic rings. The van der Waals surface area contributed by atoms with E-state index in [4.69, 9.17) is 42.1 Å². The molecule has 1 aromatic rings. The van der Waals surface area contributed by atoms with Gasteiger partial charge in [-0.3, -0.25) is 19.2 Å². The van der Waals surface area contributed by atoms with Crippen LogP contribution in [0.1, 0.15) is 78.4 Å². The number of nitrogens with one attached hydrogen (secondary N) is 4. The molecule has 0 heterocycles. The molecule has 6 atom stereocenters. The Balaban J connectivity index is 2.72. The van der Waals surface area contributed by atoms with Gasteiger partial charge in [-0.15, -0.1) is 23.2 Å². The minimum atomic E-state index is -0.977. The Kier molecular flexibility index (Phi) is 20.2. The predicted molar refractivity (Wildman–Crippen MR) is 190 cm³/mol. The highest BCUT2D eigenvalue weighted by molar-refractivity contribution is 6.30. The first kappa shape index (κ1) is 44.2. The van der Waals surface area contributed by atoms with Crippen molar-refractivity contribution >= 4 is 70.5 Å². The molecule has 0 aliphatic heterocycles. The zero-order valence-corrected chi connectivity index (χ0v) is 31.6. The van der Waals surface area contributed by atoms with E-state index in [9.17, 15) is 28.8 Å². The summed E-state index contributed by atoms with van der Waals surface area (Å²) in [7, 11) is 0. The molecule has 0 aliphatic carbocycles. The molecule has 50 heavy (non-hydrogen) atoms. The first-order chi connectivity index (χ1) is 23.6. The van der Waals surface area contributed by atoms with Crippen LogP contribution in [0.15, 0.2) is 12.1 Å². The lowest BCUT2D eigenvalue weighted by Crippen LogP contribution is -2.41. The summed E-state index contributed by atoms with van der Waals surface area (Å²) in [4.78, 5) is 74.2. The number of hydrogen-bond donors (Lipinski definition) is 4. The molecular weight excluding hydrogens is 695 g/mol. The van der Waals surface area contributed by atoms with Gasteiger partial charge in [-0.2, -0.15) is 0 Å².